The Morgan fingerprint density at radius 1 is 1.04 bits per heavy atom. The number of rotatable bonds is 3. The highest BCUT2D eigenvalue weighted by Gasteiger charge is 2.16. The lowest BCUT2D eigenvalue weighted by atomic mass is 10.1. The number of methoxy groups -OCH3 is 1. The van der Waals surface area contributed by atoms with E-state index in [0.717, 1.165) is 4.47 Å². The van der Waals surface area contributed by atoms with Crippen molar-refractivity contribution in [1.82, 2.24) is 10.9 Å². The van der Waals surface area contributed by atoms with Crippen LogP contribution in [0.2, 0.25) is 0 Å². The van der Waals surface area contributed by atoms with Gasteiger partial charge < -0.3 is 9.15 Å². The Kier molecular flexibility index (Phi) is 5.04. The first-order valence-electron chi connectivity index (χ1n) is 7.46. The van der Waals surface area contributed by atoms with Gasteiger partial charge in [-0.2, -0.15) is 0 Å². The monoisotopic (exact) mass is 416 g/mol. The maximum atomic E-state index is 12.2. The van der Waals surface area contributed by atoms with E-state index < -0.39 is 17.4 Å². The Bertz CT molecular complexity index is 1060. The number of fused-ring (bicyclic) bond motifs is 1. The quantitative estimate of drug-likeness (QED) is 0.505. The Labute approximate surface area is 156 Å². The fourth-order valence-corrected chi connectivity index (χ4v) is 2.72. The highest BCUT2D eigenvalue weighted by atomic mass is 79.9. The van der Waals surface area contributed by atoms with Crippen molar-refractivity contribution in [3.8, 4) is 5.75 Å². The second-order valence-electron chi connectivity index (χ2n) is 5.24. The molecule has 2 amide bonds. The molecule has 0 aliphatic rings. The summed E-state index contributed by atoms with van der Waals surface area (Å²) in [4.78, 5) is 36.4. The molecule has 0 fully saturated rings. The molecule has 0 saturated carbocycles. The maximum absolute atomic E-state index is 12.2. The van der Waals surface area contributed by atoms with E-state index in [0.29, 0.717) is 16.7 Å². The molecular formula is C18H13BrN2O5. The molecule has 1 heterocycles. The zero-order chi connectivity index (χ0) is 18.7. The van der Waals surface area contributed by atoms with E-state index in [1.807, 2.05) is 0 Å². The number of hydrazine groups is 1. The molecule has 0 bridgehead atoms. The predicted molar refractivity (Wildman–Crippen MR) is 98.1 cm³/mol. The molecule has 0 radical (unpaired) electrons. The summed E-state index contributed by atoms with van der Waals surface area (Å²) in [5, 5.41) is 0.521. The Balaban J connectivity index is 1.81. The van der Waals surface area contributed by atoms with Crippen LogP contribution in [0.25, 0.3) is 11.0 Å². The van der Waals surface area contributed by atoms with Gasteiger partial charge in [-0.15, -0.1) is 0 Å². The lowest BCUT2D eigenvalue weighted by Gasteiger charge is -2.08. The summed E-state index contributed by atoms with van der Waals surface area (Å²) < 4.78 is 11.0. The number of nitrogens with one attached hydrogen (secondary N) is 2. The molecule has 0 aliphatic carbocycles. The first-order chi connectivity index (χ1) is 12.5. The molecule has 3 aromatic rings. The summed E-state index contributed by atoms with van der Waals surface area (Å²) in [5.41, 5.74) is 3.98. The third-order valence-electron chi connectivity index (χ3n) is 3.56. The van der Waals surface area contributed by atoms with Crippen LogP contribution in [-0.4, -0.2) is 18.9 Å². The second kappa shape index (κ2) is 7.40. The van der Waals surface area contributed by atoms with Gasteiger partial charge in [0.05, 0.1) is 7.11 Å². The van der Waals surface area contributed by atoms with Crippen molar-refractivity contribution in [2.45, 2.75) is 0 Å². The molecule has 132 valence electrons. The molecule has 2 aromatic carbocycles. The van der Waals surface area contributed by atoms with Crippen LogP contribution in [0.5, 0.6) is 5.75 Å². The number of carbonyl (C=O) groups is 2. The number of hydrogen-bond donors (Lipinski definition) is 2. The number of ether oxygens (including phenoxy) is 1. The van der Waals surface area contributed by atoms with Gasteiger partial charge in [0, 0.05) is 15.4 Å². The topological polar surface area (TPSA) is 97.6 Å². The summed E-state index contributed by atoms with van der Waals surface area (Å²) in [6.45, 7) is 0. The number of carbonyl (C=O) groups excluding carboxylic acids is 2. The van der Waals surface area contributed by atoms with E-state index in [4.69, 9.17) is 9.15 Å². The largest absolute Gasteiger partial charge is 0.493 e. The average Bonchev–Trinajstić information content (AvgIpc) is 2.64. The predicted octanol–water partition coefficient (Wildman–Crippen LogP) is 2.64. The third kappa shape index (κ3) is 3.60. The minimum atomic E-state index is -0.837. The molecule has 0 spiro atoms. The van der Waals surface area contributed by atoms with Crippen LogP contribution < -0.4 is 21.2 Å². The van der Waals surface area contributed by atoms with Crippen LogP contribution in [0.15, 0.2) is 62.2 Å². The number of para-hydroxylation sites is 1. The molecule has 2 N–H and O–H groups in total. The van der Waals surface area contributed by atoms with Gasteiger partial charge >= 0.3 is 5.63 Å². The smallest absolute Gasteiger partial charge is 0.349 e. The zero-order valence-corrected chi connectivity index (χ0v) is 15.1. The van der Waals surface area contributed by atoms with Crippen molar-refractivity contribution < 1.29 is 18.7 Å². The van der Waals surface area contributed by atoms with Crippen molar-refractivity contribution in [3.63, 3.8) is 0 Å². The van der Waals surface area contributed by atoms with Crippen molar-refractivity contribution in [1.29, 1.82) is 0 Å². The maximum Gasteiger partial charge on any atom is 0.349 e. The van der Waals surface area contributed by atoms with Crippen molar-refractivity contribution >= 4 is 38.7 Å². The SMILES string of the molecule is COc1cccc2cc(C(=O)NNC(=O)c3cccc(Br)c3)c(=O)oc12. The summed E-state index contributed by atoms with van der Waals surface area (Å²) in [6.07, 6.45) is 0. The fourth-order valence-electron chi connectivity index (χ4n) is 2.32. The third-order valence-corrected chi connectivity index (χ3v) is 4.06. The van der Waals surface area contributed by atoms with E-state index in [1.54, 1.807) is 42.5 Å². The van der Waals surface area contributed by atoms with Crippen LogP contribution >= 0.6 is 15.9 Å². The highest BCUT2D eigenvalue weighted by molar-refractivity contribution is 9.10. The van der Waals surface area contributed by atoms with Gasteiger partial charge in [-0.05, 0) is 30.3 Å². The number of hydrogen-bond acceptors (Lipinski definition) is 5. The van der Waals surface area contributed by atoms with E-state index in [2.05, 4.69) is 26.8 Å². The van der Waals surface area contributed by atoms with Crippen molar-refractivity contribution in [3.05, 3.63) is 74.6 Å². The molecule has 3 rings (SSSR count). The first-order valence-corrected chi connectivity index (χ1v) is 8.26. The molecule has 26 heavy (non-hydrogen) atoms. The van der Waals surface area contributed by atoms with Crippen molar-refractivity contribution in [2.24, 2.45) is 0 Å². The van der Waals surface area contributed by atoms with Gasteiger partial charge in [0.2, 0.25) is 0 Å². The Hall–Kier alpha value is -3.13. The van der Waals surface area contributed by atoms with E-state index in [-0.39, 0.29) is 11.1 Å². The average molecular weight is 417 g/mol. The lowest BCUT2D eigenvalue weighted by Crippen LogP contribution is -2.43. The van der Waals surface area contributed by atoms with Crippen LogP contribution in [-0.2, 0) is 0 Å². The zero-order valence-electron chi connectivity index (χ0n) is 13.5. The van der Waals surface area contributed by atoms with Crippen LogP contribution in [0.1, 0.15) is 20.7 Å². The standard InChI is InChI=1S/C18H13BrN2O5/c1-25-14-7-3-4-10-9-13(18(24)26-15(10)14)17(23)21-20-16(22)11-5-2-6-12(19)8-11/h2-9H,1H3,(H,20,22)(H,21,23). The lowest BCUT2D eigenvalue weighted by molar-refractivity contribution is 0.0844. The van der Waals surface area contributed by atoms with Crippen LogP contribution in [0.3, 0.4) is 0 Å². The van der Waals surface area contributed by atoms with Crippen LogP contribution in [0.4, 0.5) is 0 Å². The highest BCUT2D eigenvalue weighted by Crippen LogP contribution is 2.24. The molecule has 0 saturated heterocycles. The Morgan fingerprint density at radius 3 is 2.50 bits per heavy atom. The molecule has 0 aliphatic heterocycles. The van der Waals surface area contributed by atoms with E-state index in [1.165, 1.54) is 13.2 Å². The van der Waals surface area contributed by atoms with Gasteiger partial charge in [0.15, 0.2) is 11.3 Å². The molecule has 0 atom stereocenters. The molecule has 0 unspecified atom stereocenters. The molecule has 1 aromatic heterocycles. The Morgan fingerprint density at radius 2 is 1.77 bits per heavy atom. The summed E-state index contributed by atoms with van der Waals surface area (Å²) >= 11 is 3.26. The fraction of sp³-hybridized carbons (Fsp3) is 0.0556. The van der Waals surface area contributed by atoms with Crippen molar-refractivity contribution in [2.75, 3.05) is 7.11 Å². The summed E-state index contributed by atoms with van der Waals surface area (Å²) in [7, 11) is 1.45. The summed E-state index contributed by atoms with van der Waals surface area (Å²) in [5.74, 6) is -0.923. The minimum Gasteiger partial charge on any atom is -0.493 e. The van der Waals surface area contributed by atoms with E-state index in [9.17, 15) is 14.4 Å². The first kappa shape index (κ1) is 17.7. The van der Waals surface area contributed by atoms with Crippen LogP contribution in [0, 0.1) is 0 Å². The number of amides is 2. The van der Waals surface area contributed by atoms with Gasteiger partial charge in [0.1, 0.15) is 5.56 Å². The molecule has 8 heteroatoms. The molecule has 7 nitrogen and oxygen atoms in total. The van der Waals surface area contributed by atoms with Gasteiger partial charge in [-0.25, -0.2) is 4.79 Å². The number of benzene rings is 2. The van der Waals surface area contributed by atoms with E-state index >= 15 is 0 Å². The van der Waals surface area contributed by atoms with Gasteiger partial charge in [-0.1, -0.05) is 34.1 Å². The number of halogens is 1. The minimum absolute atomic E-state index is 0.236. The summed E-state index contributed by atoms with van der Waals surface area (Å²) in [6, 6.07) is 13.0. The van der Waals surface area contributed by atoms with Gasteiger partial charge in [0.25, 0.3) is 11.8 Å². The second-order valence-corrected chi connectivity index (χ2v) is 6.16. The van der Waals surface area contributed by atoms with Gasteiger partial charge in [-0.3, -0.25) is 20.4 Å². The molecular weight excluding hydrogens is 404 g/mol. The normalized spacial score (nSPS) is 10.4.